The summed E-state index contributed by atoms with van der Waals surface area (Å²) in [5.74, 6) is 0.0462. The summed E-state index contributed by atoms with van der Waals surface area (Å²) in [6, 6.07) is 3.92. The van der Waals surface area contributed by atoms with E-state index in [1.807, 2.05) is 13.0 Å². The molecule has 3 aliphatic carbocycles. The standard InChI is InChI=1S/C24H26F3N3O3/c1-14-7-16(24(25,26)27)8-19(33-13-32-3)20(14)18-9-17-15(2)10-30(21(17)29-28-18)22-5-4-6-23(31,11-22)12-22/h7-10,31H,4-6,11-13H2,1-3H3. The highest BCUT2D eigenvalue weighted by Gasteiger charge is 2.57. The van der Waals surface area contributed by atoms with Crippen LogP contribution in [0.2, 0.25) is 0 Å². The highest BCUT2D eigenvalue weighted by atomic mass is 19.4. The number of aryl methyl sites for hydroxylation is 2. The van der Waals surface area contributed by atoms with E-state index in [4.69, 9.17) is 9.47 Å². The predicted molar refractivity (Wildman–Crippen MR) is 116 cm³/mol. The Kier molecular flexibility index (Phi) is 4.99. The van der Waals surface area contributed by atoms with E-state index in [9.17, 15) is 18.3 Å². The van der Waals surface area contributed by atoms with E-state index >= 15 is 0 Å². The number of aliphatic hydroxyl groups is 1. The maximum atomic E-state index is 13.4. The summed E-state index contributed by atoms with van der Waals surface area (Å²) in [5, 5.41) is 20.4. The van der Waals surface area contributed by atoms with Gasteiger partial charge in [0.15, 0.2) is 12.4 Å². The van der Waals surface area contributed by atoms with Crippen LogP contribution in [0, 0.1) is 13.8 Å². The second-order valence-corrected chi connectivity index (χ2v) is 9.52. The molecule has 3 aliphatic rings. The predicted octanol–water partition coefficient (Wildman–Crippen LogP) is 5.12. The molecule has 6 nitrogen and oxygen atoms in total. The average Bonchev–Trinajstić information content (AvgIpc) is 3.07. The van der Waals surface area contributed by atoms with Gasteiger partial charge in [-0.2, -0.15) is 13.2 Å². The Morgan fingerprint density at radius 3 is 2.52 bits per heavy atom. The summed E-state index contributed by atoms with van der Waals surface area (Å²) in [7, 11) is 1.41. The Bertz CT molecular complexity index is 1230. The highest BCUT2D eigenvalue weighted by molar-refractivity contribution is 5.85. The molecule has 0 atom stereocenters. The van der Waals surface area contributed by atoms with E-state index in [-0.39, 0.29) is 18.1 Å². The van der Waals surface area contributed by atoms with Crippen LogP contribution < -0.4 is 4.74 Å². The summed E-state index contributed by atoms with van der Waals surface area (Å²) in [6.07, 6.45) is 1.75. The van der Waals surface area contributed by atoms with Crippen molar-refractivity contribution < 1.29 is 27.8 Å². The number of fused-ring (bicyclic) bond motifs is 3. The fourth-order valence-electron chi connectivity index (χ4n) is 5.71. The maximum Gasteiger partial charge on any atom is 0.416 e. The van der Waals surface area contributed by atoms with Crippen LogP contribution in [0.1, 0.15) is 48.8 Å². The van der Waals surface area contributed by atoms with E-state index in [0.29, 0.717) is 29.7 Å². The lowest BCUT2D eigenvalue weighted by atomic mass is 9.56. The van der Waals surface area contributed by atoms with E-state index in [1.165, 1.54) is 7.11 Å². The molecule has 6 rings (SSSR count). The summed E-state index contributed by atoms with van der Waals surface area (Å²) < 4.78 is 52.7. The highest BCUT2D eigenvalue weighted by Crippen LogP contribution is 2.57. The zero-order chi connectivity index (χ0) is 23.6. The number of alkyl halides is 3. The molecule has 2 aromatic heterocycles. The molecule has 0 aliphatic heterocycles. The van der Waals surface area contributed by atoms with E-state index in [2.05, 4.69) is 21.0 Å². The van der Waals surface area contributed by atoms with E-state index in [1.54, 1.807) is 6.92 Å². The van der Waals surface area contributed by atoms with Crippen molar-refractivity contribution in [2.45, 2.75) is 63.3 Å². The fourth-order valence-corrected chi connectivity index (χ4v) is 5.71. The van der Waals surface area contributed by atoms with Crippen LogP contribution in [0.3, 0.4) is 0 Å². The van der Waals surface area contributed by atoms with Gasteiger partial charge in [0, 0.05) is 24.3 Å². The molecule has 3 fully saturated rings. The molecule has 0 unspecified atom stereocenters. The minimum Gasteiger partial charge on any atom is -0.467 e. The molecule has 2 heterocycles. The van der Waals surface area contributed by atoms with Gasteiger partial charge < -0.3 is 19.1 Å². The van der Waals surface area contributed by atoms with Crippen molar-refractivity contribution in [1.82, 2.24) is 14.8 Å². The maximum absolute atomic E-state index is 13.4. The molecule has 3 saturated carbocycles. The van der Waals surface area contributed by atoms with Crippen LogP contribution in [0.4, 0.5) is 13.2 Å². The molecule has 9 heteroatoms. The largest absolute Gasteiger partial charge is 0.467 e. The summed E-state index contributed by atoms with van der Waals surface area (Å²) in [5.41, 5.74) is 1.48. The first kappa shape index (κ1) is 22.2. The van der Waals surface area contributed by atoms with Crippen LogP contribution in [-0.4, -0.2) is 39.4 Å². The number of hydrogen-bond donors (Lipinski definition) is 1. The number of halogens is 3. The quantitative estimate of drug-likeness (QED) is 0.534. The molecular weight excluding hydrogens is 435 g/mol. The zero-order valence-electron chi connectivity index (χ0n) is 18.8. The number of methoxy groups -OCH3 is 1. The van der Waals surface area contributed by atoms with Gasteiger partial charge in [-0.3, -0.25) is 0 Å². The average molecular weight is 461 g/mol. The van der Waals surface area contributed by atoms with Gasteiger partial charge in [-0.25, -0.2) is 0 Å². The first-order chi connectivity index (χ1) is 15.6. The van der Waals surface area contributed by atoms with Crippen LogP contribution in [0.25, 0.3) is 22.3 Å². The first-order valence-corrected chi connectivity index (χ1v) is 11.0. The van der Waals surface area contributed by atoms with Crippen molar-refractivity contribution in [3.8, 4) is 17.0 Å². The molecule has 1 aromatic carbocycles. The van der Waals surface area contributed by atoms with E-state index in [0.717, 1.165) is 48.0 Å². The summed E-state index contributed by atoms with van der Waals surface area (Å²) in [6.45, 7) is 3.39. The van der Waals surface area contributed by atoms with Gasteiger partial charge in [-0.1, -0.05) is 0 Å². The van der Waals surface area contributed by atoms with Crippen molar-refractivity contribution >= 4 is 11.0 Å². The minimum absolute atomic E-state index is 0.0462. The molecule has 3 aromatic rings. The molecule has 0 saturated heterocycles. The zero-order valence-corrected chi connectivity index (χ0v) is 18.8. The molecule has 0 spiro atoms. The molecular formula is C24H26F3N3O3. The molecule has 2 bridgehead atoms. The van der Waals surface area contributed by atoms with Crippen LogP contribution in [0.5, 0.6) is 5.75 Å². The summed E-state index contributed by atoms with van der Waals surface area (Å²) >= 11 is 0. The lowest BCUT2D eigenvalue weighted by molar-refractivity contribution is -0.154. The third-order valence-electron chi connectivity index (χ3n) is 7.08. The van der Waals surface area contributed by atoms with Crippen LogP contribution >= 0.6 is 0 Å². The van der Waals surface area contributed by atoms with Crippen molar-refractivity contribution in [2.75, 3.05) is 13.9 Å². The molecule has 0 amide bonds. The third-order valence-corrected chi connectivity index (χ3v) is 7.08. The van der Waals surface area contributed by atoms with Crippen molar-refractivity contribution in [3.63, 3.8) is 0 Å². The topological polar surface area (TPSA) is 69.4 Å². The fraction of sp³-hybridized carbons (Fsp3) is 0.500. The Labute approximate surface area is 189 Å². The van der Waals surface area contributed by atoms with Gasteiger partial charge in [0.05, 0.1) is 22.4 Å². The first-order valence-electron chi connectivity index (χ1n) is 11.0. The minimum atomic E-state index is -4.50. The number of ether oxygens (including phenoxy) is 2. The lowest BCUT2D eigenvalue weighted by Gasteiger charge is -2.58. The Balaban J connectivity index is 1.61. The molecule has 33 heavy (non-hydrogen) atoms. The van der Waals surface area contributed by atoms with Crippen LogP contribution in [0.15, 0.2) is 24.4 Å². The van der Waals surface area contributed by atoms with Gasteiger partial charge in [0.2, 0.25) is 0 Å². The van der Waals surface area contributed by atoms with Gasteiger partial charge in [-0.05, 0) is 75.3 Å². The number of benzene rings is 1. The van der Waals surface area contributed by atoms with E-state index < -0.39 is 17.3 Å². The second kappa shape index (κ2) is 7.43. The van der Waals surface area contributed by atoms with Crippen molar-refractivity contribution in [1.29, 1.82) is 0 Å². The van der Waals surface area contributed by atoms with Crippen molar-refractivity contribution in [2.24, 2.45) is 0 Å². The van der Waals surface area contributed by atoms with Crippen molar-refractivity contribution in [3.05, 3.63) is 41.1 Å². The Hall–Kier alpha value is -2.65. The van der Waals surface area contributed by atoms with Gasteiger partial charge in [0.1, 0.15) is 5.75 Å². The number of nitrogens with zero attached hydrogens (tertiary/aromatic N) is 3. The van der Waals surface area contributed by atoms with Gasteiger partial charge in [0.25, 0.3) is 0 Å². The Morgan fingerprint density at radius 2 is 1.85 bits per heavy atom. The normalized spacial score (nSPS) is 24.7. The number of hydrogen-bond acceptors (Lipinski definition) is 5. The summed E-state index contributed by atoms with van der Waals surface area (Å²) in [4.78, 5) is 0. The lowest BCUT2D eigenvalue weighted by Crippen LogP contribution is -2.60. The monoisotopic (exact) mass is 461 g/mol. The molecule has 1 N–H and O–H groups in total. The smallest absolute Gasteiger partial charge is 0.416 e. The third kappa shape index (κ3) is 3.58. The van der Waals surface area contributed by atoms with Gasteiger partial charge in [-0.15, -0.1) is 10.2 Å². The van der Waals surface area contributed by atoms with Crippen LogP contribution in [-0.2, 0) is 16.5 Å². The number of aromatic nitrogens is 3. The SMILES string of the molecule is COCOc1cc(C(F)(F)F)cc(C)c1-c1cc2c(C)cn(C34CCCC(O)(C3)C4)c2nn1. The van der Waals surface area contributed by atoms with Gasteiger partial charge >= 0.3 is 6.18 Å². The molecule has 176 valence electrons. The number of rotatable bonds is 5. The Morgan fingerprint density at radius 1 is 1.09 bits per heavy atom. The molecule has 0 radical (unpaired) electrons. The second-order valence-electron chi connectivity index (χ2n) is 9.52.